The van der Waals surface area contributed by atoms with Crippen LogP contribution in [0.4, 0.5) is 0 Å². The zero-order valence-electron chi connectivity index (χ0n) is 19.7. The molecule has 166 valence electrons. The lowest BCUT2D eigenvalue weighted by molar-refractivity contribution is -0.152. The molecule has 0 fully saturated rings. The fraction of sp³-hybridized carbons (Fsp3) is 0.909. The van der Waals surface area contributed by atoms with E-state index in [0.717, 1.165) is 18.6 Å². The van der Waals surface area contributed by atoms with Crippen LogP contribution in [0.3, 0.4) is 0 Å². The van der Waals surface area contributed by atoms with Crippen molar-refractivity contribution in [3.05, 3.63) is 0 Å². The van der Waals surface area contributed by atoms with Gasteiger partial charge in [0.05, 0.1) is 11.0 Å². The minimum Gasteiger partial charge on any atom is -0.464 e. The molecule has 0 aliphatic rings. The summed E-state index contributed by atoms with van der Waals surface area (Å²) in [6.07, 6.45) is 2.21. The van der Waals surface area contributed by atoms with E-state index in [2.05, 4.69) is 27.7 Å². The molecule has 0 aromatic rings. The van der Waals surface area contributed by atoms with E-state index < -0.39 is 5.41 Å². The van der Waals surface area contributed by atoms with E-state index in [1.807, 2.05) is 41.5 Å². The van der Waals surface area contributed by atoms with Gasteiger partial charge in [-0.25, -0.2) is 0 Å². The summed E-state index contributed by atoms with van der Waals surface area (Å²) < 4.78 is 11.4. The minimum absolute atomic E-state index is 0.0655. The molecule has 0 heterocycles. The first-order valence-corrected chi connectivity index (χ1v) is 12.4. The van der Waals surface area contributed by atoms with Crippen molar-refractivity contribution in [2.24, 2.45) is 10.8 Å². The van der Waals surface area contributed by atoms with Crippen LogP contribution < -0.4 is 0 Å². The molecular formula is C22H42O4S2. The lowest BCUT2D eigenvalue weighted by Gasteiger charge is -2.29. The van der Waals surface area contributed by atoms with Gasteiger partial charge in [0.1, 0.15) is 12.4 Å². The lowest BCUT2D eigenvalue weighted by Crippen LogP contribution is -2.30. The third-order valence-corrected chi connectivity index (χ3v) is 7.60. The first kappa shape index (κ1) is 27.8. The zero-order chi connectivity index (χ0) is 22.2. The van der Waals surface area contributed by atoms with E-state index in [0.29, 0.717) is 19.6 Å². The topological polar surface area (TPSA) is 52.6 Å². The van der Waals surface area contributed by atoms with Crippen LogP contribution in [0.5, 0.6) is 0 Å². The van der Waals surface area contributed by atoms with E-state index in [9.17, 15) is 9.59 Å². The van der Waals surface area contributed by atoms with Crippen molar-refractivity contribution in [2.75, 3.05) is 19.0 Å². The molecule has 0 aromatic carbocycles. The van der Waals surface area contributed by atoms with E-state index in [4.69, 9.17) is 9.47 Å². The van der Waals surface area contributed by atoms with Crippen molar-refractivity contribution in [3.63, 3.8) is 0 Å². The van der Waals surface area contributed by atoms with Crippen LogP contribution in [0.25, 0.3) is 0 Å². The van der Waals surface area contributed by atoms with Crippen molar-refractivity contribution in [1.82, 2.24) is 0 Å². The third-order valence-electron chi connectivity index (χ3n) is 4.28. The van der Waals surface area contributed by atoms with Gasteiger partial charge in [0, 0.05) is 28.9 Å². The Bertz CT molecular complexity index is 500. The predicted octanol–water partition coefficient (Wildman–Crippen LogP) is 6.32. The van der Waals surface area contributed by atoms with E-state index in [-0.39, 0.29) is 27.5 Å². The average molecular weight is 435 g/mol. The van der Waals surface area contributed by atoms with Crippen LogP contribution in [0.1, 0.15) is 88.5 Å². The highest BCUT2D eigenvalue weighted by Crippen LogP contribution is 2.38. The maximum Gasteiger partial charge on any atom is 0.311 e. The first-order chi connectivity index (χ1) is 12.5. The second kappa shape index (κ2) is 11.3. The van der Waals surface area contributed by atoms with Gasteiger partial charge in [-0.15, -0.1) is 0 Å². The Morgan fingerprint density at radius 1 is 0.786 bits per heavy atom. The number of esters is 1. The molecule has 0 amide bonds. The standard InChI is InChI=1S/C22H42O4S2/c1-19(2,3)17(23)11-12-21(7,8)26-14-13-22(9,10)28-27-16-15-25-18(24)20(4,5)6/h11-16H2,1-10H3. The van der Waals surface area contributed by atoms with E-state index in [1.165, 1.54) is 0 Å². The maximum absolute atomic E-state index is 12.1. The molecule has 0 rings (SSSR count). The molecule has 0 unspecified atom stereocenters. The smallest absolute Gasteiger partial charge is 0.311 e. The molecule has 28 heavy (non-hydrogen) atoms. The zero-order valence-corrected chi connectivity index (χ0v) is 21.3. The van der Waals surface area contributed by atoms with Gasteiger partial charge in [0.2, 0.25) is 0 Å². The van der Waals surface area contributed by atoms with Crippen LogP contribution in [-0.2, 0) is 19.1 Å². The Kier molecular flexibility index (Phi) is 11.2. The molecule has 0 N–H and O–H groups in total. The number of rotatable bonds is 12. The lowest BCUT2D eigenvalue weighted by atomic mass is 9.86. The third kappa shape index (κ3) is 13.1. The van der Waals surface area contributed by atoms with Crippen molar-refractivity contribution in [2.45, 2.75) is 98.8 Å². The molecule has 0 spiro atoms. The number of hydrogen-bond acceptors (Lipinski definition) is 6. The van der Waals surface area contributed by atoms with Crippen LogP contribution in [-0.4, -0.2) is 41.1 Å². The summed E-state index contributed by atoms with van der Waals surface area (Å²) in [5.41, 5.74) is -1.03. The summed E-state index contributed by atoms with van der Waals surface area (Å²) in [5.74, 6) is 0.901. The largest absolute Gasteiger partial charge is 0.464 e. The van der Waals surface area contributed by atoms with Gasteiger partial charge in [-0.2, -0.15) is 0 Å². The SMILES string of the molecule is CC(C)(CCC(=O)C(C)(C)C)OCCC(C)(C)SSCCOC(=O)C(C)(C)C. The quantitative estimate of drug-likeness (QED) is 0.204. The number of ether oxygens (including phenoxy) is 2. The fourth-order valence-electron chi connectivity index (χ4n) is 2.06. The molecule has 0 saturated heterocycles. The highest BCUT2D eigenvalue weighted by atomic mass is 33.1. The van der Waals surface area contributed by atoms with Gasteiger partial charge in [-0.05, 0) is 61.3 Å². The van der Waals surface area contributed by atoms with Crippen LogP contribution in [0, 0.1) is 10.8 Å². The Hall–Kier alpha value is -0.200. The van der Waals surface area contributed by atoms with Crippen molar-refractivity contribution in [3.8, 4) is 0 Å². The van der Waals surface area contributed by atoms with Gasteiger partial charge < -0.3 is 9.47 Å². The Morgan fingerprint density at radius 2 is 1.36 bits per heavy atom. The summed E-state index contributed by atoms with van der Waals surface area (Å²) in [4.78, 5) is 23.9. The summed E-state index contributed by atoms with van der Waals surface area (Å²) >= 11 is 0. The van der Waals surface area contributed by atoms with Gasteiger partial charge >= 0.3 is 5.97 Å². The van der Waals surface area contributed by atoms with Gasteiger partial charge in [-0.3, -0.25) is 9.59 Å². The Morgan fingerprint density at radius 3 is 1.86 bits per heavy atom. The van der Waals surface area contributed by atoms with Crippen molar-refractivity contribution >= 4 is 33.3 Å². The molecule has 4 nitrogen and oxygen atoms in total. The minimum atomic E-state index is -0.446. The predicted molar refractivity (Wildman–Crippen MR) is 123 cm³/mol. The Labute approximate surface area is 181 Å². The summed E-state index contributed by atoms with van der Waals surface area (Å²) in [6, 6.07) is 0. The molecule has 0 aromatic heterocycles. The van der Waals surface area contributed by atoms with Crippen molar-refractivity contribution in [1.29, 1.82) is 0 Å². The molecule has 0 radical (unpaired) electrons. The summed E-state index contributed by atoms with van der Waals surface area (Å²) in [6.45, 7) is 21.1. The van der Waals surface area contributed by atoms with Crippen LogP contribution in [0.2, 0.25) is 0 Å². The van der Waals surface area contributed by atoms with Gasteiger partial charge in [0.25, 0.3) is 0 Å². The number of carbonyl (C=O) groups excluding carboxylic acids is 2. The molecule has 0 aliphatic carbocycles. The van der Waals surface area contributed by atoms with Gasteiger partial charge in [-0.1, -0.05) is 42.4 Å². The highest BCUT2D eigenvalue weighted by molar-refractivity contribution is 8.77. The average Bonchev–Trinajstić information content (AvgIpc) is 2.49. The molecular weight excluding hydrogens is 392 g/mol. The normalized spacial score (nSPS) is 13.5. The number of hydrogen-bond donors (Lipinski definition) is 0. The number of carbonyl (C=O) groups is 2. The van der Waals surface area contributed by atoms with Gasteiger partial charge in [0.15, 0.2) is 0 Å². The van der Waals surface area contributed by atoms with Crippen LogP contribution in [0.15, 0.2) is 0 Å². The first-order valence-electron chi connectivity index (χ1n) is 10.1. The number of ketones is 1. The molecule has 0 saturated carbocycles. The summed E-state index contributed by atoms with van der Waals surface area (Å²) in [5, 5.41) is 0. The molecule has 0 bridgehead atoms. The van der Waals surface area contributed by atoms with E-state index in [1.54, 1.807) is 21.6 Å². The second-order valence-electron chi connectivity index (χ2n) is 10.6. The molecule has 0 aliphatic heterocycles. The van der Waals surface area contributed by atoms with Crippen molar-refractivity contribution < 1.29 is 19.1 Å². The Balaban J connectivity index is 4.08. The summed E-state index contributed by atoms with van der Waals surface area (Å²) in [7, 11) is 3.53. The number of Topliss-reactive ketones (excluding diaryl/α,β-unsaturated/α-hetero) is 1. The van der Waals surface area contributed by atoms with E-state index >= 15 is 0 Å². The molecule has 6 heteroatoms. The fourth-order valence-corrected chi connectivity index (χ4v) is 4.44. The second-order valence-corrected chi connectivity index (χ2v) is 13.7. The molecule has 0 atom stereocenters. The monoisotopic (exact) mass is 434 g/mol. The highest BCUT2D eigenvalue weighted by Gasteiger charge is 2.27. The maximum atomic E-state index is 12.1. The van der Waals surface area contributed by atoms with Crippen LogP contribution >= 0.6 is 21.6 Å².